The molecule has 2 unspecified atom stereocenters. The summed E-state index contributed by atoms with van der Waals surface area (Å²) in [5, 5.41) is 0. The molecule has 0 spiro atoms. The fourth-order valence-electron chi connectivity index (χ4n) is 3.19. The van der Waals surface area contributed by atoms with Gasteiger partial charge in [0.25, 0.3) is 20.2 Å². The van der Waals surface area contributed by atoms with Crippen molar-refractivity contribution in [2.45, 2.75) is 49.3 Å². The van der Waals surface area contributed by atoms with Gasteiger partial charge in [-0.05, 0) is 37.1 Å². The molecule has 10 heteroatoms. The third kappa shape index (κ3) is 5.01. The Kier molecular flexibility index (Phi) is 6.67. The molecule has 0 aliphatic carbocycles. The van der Waals surface area contributed by atoms with Crippen molar-refractivity contribution in [2.24, 2.45) is 0 Å². The normalized spacial score (nSPS) is 14.2. The first-order valence-electron chi connectivity index (χ1n) is 8.88. The van der Waals surface area contributed by atoms with Crippen molar-refractivity contribution in [3.8, 4) is 0 Å². The summed E-state index contributed by atoms with van der Waals surface area (Å²) in [7, 11) is -9.27. The highest BCUT2D eigenvalue weighted by Crippen LogP contribution is 2.31. The van der Waals surface area contributed by atoms with Crippen LogP contribution >= 0.6 is 0 Å². The van der Waals surface area contributed by atoms with Crippen molar-refractivity contribution in [3.63, 3.8) is 0 Å². The monoisotopic (exact) mass is 454 g/mol. The van der Waals surface area contributed by atoms with E-state index in [1.807, 2.05) is 0 Å². The molecular formula is C20H22O8S2. The number of hydrogen-bond donors (Lipinski definition) is 2. The number of Topliss-reactive ketones (excluding diaryl/α,β-unsaturated/α-hetero) is 2. The number of hydrogen-bond acceptors (Lipinski definition) is 6. The topological polar surface area (TPSA) is 143 Å². The molecule has 0 aromatic heterocycles. The second-order valence-corrected chi connectivity index (χ2v) is 9.98. The highest BCUT2D eigenvalue weighted by atomic mass is 32.2. The van der Waals surface area contributed by atoms with Crippen LogP contribution in [0.2, 0.25) is 0 Å². The molecule has 30 heavy (non-hydrogen) atoms. The molecule has 2 atom stereocenters. The molecule has 2 aromatic rings. The summed E-state index contributed by atoms with van der Waals surface area (Å²) >= 11 is 0. The largest absolute Gasteiger partial charge is 0.294 e. The lowest BCUT2D eigenvalue weighted by molar-refractivity contribution is -0.138. The molecule has 8 nitrogen and oxygen atoms in total. The number of benzene rings is 2. The first kappa shape index (κ1) is 23.9. The third-order valence-electron chi connectivity index (χ3n) is 4.85. The standard InChI is InChI=1S/C20H22O8S2/c1-11-5-7-17(29(23,24)25)15(9-11)13(3)19(21)20(22)14(4)16-10-12(2)6-8-18(16)30(26,27)28/h5-10,13-14H,1-4H3,(H,23,24,25)(H,26,27,28). The maximum Gasteiger partial charge on any atom is 0.294 e. The summed E-state index contributed by atoms with van der Waals surface area (Å²) in [5.74, 6) is -4.34. The predicted octanol–water partition coefficient (Wildman–Crippen LogP) is 2.84. The van der Waals surface area contributed by atoms with Gasteiger partial charge in [0.05, 0.1) is 9.79 Å². The van der Waals surface area contributed by atoms with Crippen LogP contribution in [0.5, 0.6) is 0 Å². The van der Waals surface area contributed by atoms with E-state index in [4.69, 9.17) is 0 Å². The van der Waals surface area contributed by atoms with Crippen molar-refractivity contribution in [3.05, 3.63) is 58.7 Å². The van der Waals surface area contributed by atoms with Crippen LogP contribution in [0.3, 0.4) is 0 Å². The van der Waals surface area contributed by atoms with Crippen LogP contribution in [0.25, 0.3) is 0 Å². The second-order valence-electron chi connectivity index (χ2n) is 7.20. The zero-order valence-electron chi connectivity index (χ0n) is 16.8. The number of ketones is 2. The van der Waals surface area contributed by atoms with E-state index in [-0.39, 0.29) is 11.1 Å². The van der Waals surface area contributed by atoms with Gasteiger partial charge in [-0.25, -0.2) is 0 Å². The molecule has 0 saturated heterocycles. The minimum atomic E-state index is -4.63. The van der Waals surface area contributed by atoms with Gasteiger partial charge in [-0.1, -0.05) is 49.2 Å². The number of rotatable bonds is 7. The maximum absolute atomic E-state index is 12.9. The zero-order valence-corrected chi connectivity index (χ0v) is 18.4. The van der Waals surface area contributed by atoms with Gasteiger partial charge in [-0.15, -0.1) is 0 Å². The smallest absolute Gasteiger partial charge is 0.290 e. The Balaban J connectivity index is 2.51. The lowest BCUT2D eigenvalue weighted by Crippen LogP contribution is -2.27. The van der Waals surface area contributed by atoms with Gasteiger partial charge in [0.15, 0.2) is 0 Å². The van der Waals surface area contributed by atoms with Gasteiger partial charge in [-0.2, -0.15) is 16.8 Å². The quantitative estimate of drug-likeness (QED) is 0.480. The molecule has 0 saturated carbocycles. The molecule has 0 aliphatic heterocycles. The van der Waals surface area contributed by atoms with Crippen LogP contribution in [0.1, 0.15) is 47.9 Å². The van der Waals surface area contributed by atoms with Crippen LogP contribution in [0, 0.1) is 13.8 Å². The number of carbonyl (C=O) groups is 2. The van der Waals surface area contributed by atoms with E-state index in [0.717, 1.165) is 12.1 Å². The Labute approximate surface area is 175 Å². The van der Waals surface area contributed by atoms with Crippen molar-refractivity contribution < 1.29 is 35.5 Å². The minimum Gasteiger partial charge on any atom is -0.290 e. The molecule has 0 amide bonds. The highest BCUT2D eigenvalue weighted by Gasteiger charge is 2.33. The van der Waals surface area contributed by atoms with Crippen molar-refractivity contribution in [2.75, 3.05) is 0 Å². The Morgan fingerprint density at radius 3 is 1.27 bits per heavy atom. The third-order valence-corrected chi connectivity index (χ3v) is 6.70. The SMILES string of the molecule is Cc1ccc(S(=O)(=O)O)c(C(C)C(=O)C(=O)C(C)c2cc(C)ccc2S(=O)(=O)O)c1. The maximum atomic E-state index is 12.9. The highest BCUT2D eigenvalue weighted by molar-refractivity contribution is 7.86. The molecular weight excluding hydrogens is 432 g/mol. The predicted molar refractivity (Wildman–Crippen MR) is 109 cm³/mol. The van der Waals surface area contributed by atoms with Crippen LogP contribution in [0.4, 0.5) is 0 Å². The Morgan fingerprint density at radius 2 is 1.00 bits per heavy atom. The van der Waals surface area contributed by atoms with Crippen molar-refractivity contribution in [1.82, 2.24) is 0 Å². The Hall–Kier alpha value is -2.40. The molecule has 0 radical (unpaired) electrons. The summed E-state index contributed by atoms with van der Waals surface area (Å²) in [5.41, 5.74) is 1.15. The Bertz CT molecular complexity index is 1130. The molecule has 0 fully saturated rings. The fraction of sp³-hybridized carbons (Fsp3) is 0.300. The molecule has 162 valence electrons. The summed E-state index contributed by atoms with van der Waals surface area (Å²) in [6.45, 7) is 5.97. The van der Waals surface area contributed by atoms with Gasteiger partial charge >= 0.3 is 0 Å². The molecule has 0 bridgehead atoms. The number of carbonyl (C=O) groups excluding carboxylic acids is 2. The van der Waals surface area contributed by atoms with Gasteiger partial charge in [-0.3, -0.25) is 18.7 Å². The van der Waals surface area contributed by atoms with E-state index in [9.17, 15) is 35.5 Å². The summed E-state index contributed by atoms with van der Waals surface area (Å²) in [4.78, 5) is 24.7. The molecule has 2 rings (SSSR count). The van der Waals surface area contributed by atoms with E-state index in [1.165, 1.54) is 38.1 Å². The van der Waals surface area contributed by atoms with Crippen LogP contribution in [0.15, 0.2) is 46.2 Å². The van der Waals surface area contributed by atoms with E-state index < -0.39 is 53.4 Å². The van der Waals surface area contributed by atoms with Crippen molar-refractivity contribution >= 4 is 31.8 Å². The first-order valence-corrected chi connectivity index (χ1v) is 11.8. The number of aryl methyl sites for hydroxylation is 2. The zero-order chi connectivity index (χ0) is 23.0. The molecule has 0 heterocycles. The minimum absolute atomic E-state index is 0.0395. The van der Waals surface area contributed by atoms with Gasteiger partial charge in [0.1, 0.15) is 0 Å². The average molecular weight is 455 g/mol. The van der Waals surface area contributed by atoms with Crippen LogP contribution < -0.4 is 0 Å². The van der Waals surface area contributed by atoms with Crippen LogP contribution in [-0.2, 0) is 29.8 Å². The van der Waals surface area contributed by atoms with E-state index in [1.54, 1.807) is 13.8 Å². The van der Waals surface area contributed by atoms with Crippen LogP contribution in [-0.4, -0.2) is 37.5 Å². The summed E-state index contributed by atoms with van der Waals surface area (Å²) in [6.07, 6.45) is 0. The van der Waals surface area contributed by atoms with E-state index >= 15 is 0 Å². The molecule has 0 aliphatic rings. The van der Waals surface area contributed by atoms with E-state index in [2.05, 4.69) is 0 Å². The molecule has 2 aromatic carbocycles. The molecule has 2 N–H and O–H groups in total. The Morgan fingerprint density at radius 1 is 0.700 bits per heavy atom. The first-order chi connectivity index (χ1) is 13.6. The average Bonchev–Trinajstić information content (AvgIpc) is 2.63. The summed E-state index contributed by atoms with van der Waals surface area (Å²) < 4.78 is 65.6. The van der Waals surface area contributed by atoms with Gasteiger partial charge < -0.3 is 0 Å². The van der Waals surface area contributed by atoms with Gasteiger partial charge in [0, 0.05) is 11.8 Å². The summed E-state index contributed by atoms with van der Waals surface area (Å²) in [6, 6.07) is 7.96. The lowest BCUT2D eigenvalue weighted by atomic mass is 9.86. The second kappa shape index (κ2) is 8.38. The fourth-order valence-corrected chi connectivity index (χ4v) is 4.74. The van der Waals surface area contributed by atoms with Crippen molar-refractivity contribution in [1.29, 1.82) is 0 Å². The lowest BCUT2D eigenvalue weighted by Gasteiger charge is -2.18. The van der Waals surface area contributed by atoms with Gasteiger partial charge in [0.2, 0.25) is 11.6 Å². The van der Waals surface area contributed by atoms with E-state index in [0.29, 0.717) is 11.1 Å².